The minimum Gasteiger partial charge on any atom is -0.468 e. The van der Waals surface area contributed by atoms with E-state index in [2.05, 4.69) is 4.74 Å². The van der Waals surface area contributed by atoms with Crippen molar-refractivity contribution in [3.8, 4) is 0 Å². The second-order valence-electron chi connectivity index (χ2n) is 4.68. The van der Waals surface area contributed by atoms with Gasteiger partial charge >= 0.3 is 5.97 Å². The molecule has 0 radical (unpaired) electrons. The van der Waals surface area contributed by atoms with E-state index in [4.69, 9.17) is 18.0 Å². The molecule has 5 nitrogen and oxygen atoms in total. The number of methoxy groups -OCH3 is 1. The number of likely N-dealkylation sites (N-methyl/N-ethyl adjacent to an activating group) is 1. The molecule has 110 valence electrons. The molecule has 1 amide bonds. The SMILES string of the molecule is CCCC(CCC)(C(=O)N(C)CC(=O)OC)C(N)=S. The average molecular weight is 288 g/mol. The highest BCUT2D eigenvalue weighted by atomic mass is 32.1. The number of ether oxygens (including phenoxy) is 1. The van der Waals surface area contributed by atoms with Gasteiger partial charge in [0.1, 0.15) is 6.54 Å². The van der Waals surface area contributed by atoms with Gasteiger partial charge in [-0.3, -0.25) is 9.59 Å². The number of carbonyl (C=O) groups excluding carboxylic acids is 2. The minimum absolute atomic E-state index is 0.0902. The van der Waals surface area contributed by atoms with Crippen molar-refractivity contribution in [3.05, 3.63) is 0 Å². The molecule has 0 aromatic rings. The van der Waals surface area contributed by atoms with Gasteiger partial charge in [-0.1, -0.05) is 38.9 Å². The van der Waals surface area contributed by atoms with Crippen LogP contribution in [0.15, 0.2) is 0 Å². The number of hydrogen-bond acceptors (Lipinski definition) is 4. The molecular formula is C13H24N2O3S. The third-order valence-corrected chi connectivity index (χ3v) is 3.57. The second-order valence-corrected chi connectivity index (χ2v) is 5.12. The Bertz CT molecular complexity index is 339. The molecule has 0 aromatic heterocycles. The molecule has 0 atom stereocenters. The van der Waals surface area contributed by atoms with Gasteiger partial charge in [-0.2, -0.15) is 0 Å². The van der Waals surface area contributed by atoms with E-state index in [1.54, 1.807) is 7.05 Å². The monoisotopic (exact) mass is 288 g/mol. The molecule has 6 heteroatoms. The van der Waals surface area contributed by atoms with Crippen LogP contribution in [0.3, 0.4) is 0 Å². The first-order valence-electron chi connectivity index (χ1n) is 6.48. The molecule has 0 unspecified atom stereocenters. The lowest BCUT2D eigenvalue weighted by Crippen LogP contribution is -2.50. The van der Waals surface area contributed by atoms with Crippen LogP contribution in [0.4, 0.5) is 0 Å². The zero-order valence-electron chi connectivity index (χ0n) is 12.2. The van der Waals surface area contributed by atoms with Crippen LogP contribution in [0, 0.1) is 5.41 Å². The molecule has 19 heavy (non-hydrogen) atoms. The smallest absolute Gasteiger partial charge is 0.325 e. The van der Waals surface area contributed by atoms with Crippen LogP contribution in [0.5, 0.6) is 0 Å². The van der Waals surface area contributed by atoms with Crippen LogP contribution < -0.4 is 5.73 Å². The predicted molar refractivity (Wildman–Crippen MR) is 78.7 cm³/mol. The fourth-order valence-corrected chi connectivity index (χ4v) is 2.53. The summed E-state index contributed by atoms with van der Waals surface area (Å²) >= 11 is 5.11. The lowest BCUT2D eigenvalue weighted by Gasteiger charge is -2.34. The number of rotatable bonds is 8. The van der Waals surface area contributed by atoms with Crippen molar-refractivity contribution in [3.63, 3.8) is 0 Å². The summed E-state index contributed by atoms with van der Waals surface area (Å²) in [6.07, 6.45) is 2.80. The first-order valence-corrected chi connectivity index (χ1v) is 6.88. The highest BCUT2D eigenvalue weighted by Crippen LogP contribution is 2.32. The van der Waals surface area contributed by atoms with E-state index in [1.807, 2.05) is 13.8 Å². The third kappa shape index (κ3) is 4.45. The second kappa shape index (κ2) is 8.09. The summed E-state index contributed by atoms with van der Waals surface area (Å²) < 4.78 is 4.57. The van der Waals surface area contributed by atoms with Gasteiger partial charge in [0.05, 0.1) is 17.5 Å². The molecule has 0 spiro atoms. The van der Waals surface area contributed by atoms with Crippen molar-refractivity contribution >= 4 is 29.1 Å². The van der Waals surface area contributed by atoms with Crippen LogP contribution in [0.25, 0.3) is 0 Å². The van der Waals surface area contributed by atoms with E-state index < -0.39 is 11.4 Å². The first-order chi connectivity index (χ1) is 8.85. The Balaban J connectivity index is 5.18. The van der Waals surface area contributed by atoms with E-state index in [0.29, 0.717) is 12.8 Å². The Labute approximate surface area is 120 Å². The summed E-state index contributed by atoms with van der Waals surface area (Å²) in [6.45, 7) is 3.87. The largest absolute Gasteiger partial charge is 0.468 e. The highest BCUT2D eigenvalue weighted by molar-refractivity contribution is 7.80. The molecule has 0 saturated carbocycles. The maximum absolute atomic E-state index is 12.6. The van der Waals surface area contributed by atoms with E-state index in [9.17, 15) is 9.59 Å². The number of amides is 1. The van der Waals surface area contributed by atoms with E-state index in [0.717, 1.165) is 12.8 Å². The zero-order valence-corrected chi connectivity index (χ0v) is 13.0. The average Bonchev–Trinajstić information content (AvgIpc) is 2.36. The number of hydrogen-bond donors (Lipinski definition) is 1. The number of nitrogens with zero attached hydrogens (tertiary/aromatic N) is 1. The number of carbonyl (C=O) groups is 2. The summed E-state index contributed by atoms with van der Waals surface area (Å²) in [6, 6.07) is 0. The summed E-state index contributed by atoms with van der Waals surface area (Å²) in [5.41, 5.74) is 4.97. The lowest BCUT2D eigenvalue weighted by molar-refractivity contribution is -0.148. The van der Waals surface area contributed by atoms with Crippen LogP contribution in [-0.4, -0.2) is 42.5 Å². The summed E-state index contributed by atoms with van der Waals surface area (Å²) in [7, 11) is 2.86. The van der Waals surface area contributed by atoms with Crippen LogP contribution in [-0.2, 0) is 14.3 Å². The van der Waals surface area contributed by atoms with E-state index >= 15 is 0 Å². The van der Waals surface area contributed by atoms with Gasteiger partial charge in [0.15, 0.2) is 0 Å². The molecule has 0 aliphatic rings. The van der Waals surface area contributed by atoms with Gasteiger partial charge in [-0.05, 0) is 12.8 Å². The molecule has 0 saturated heterocycles. The zero-order chi connectivity index (χ0) is 15.1. The Hall–Kier alpha value is -1.17. The molecular weight excluding hydrogens is 264 g/mol. The van der Waals surface area contributed by atoms with Gasteiger partial charge < -0.3 is 15.4 Å². The molecule has 0 aromatic carbocycles. The molecule has 0 bridgehead atoms. The Morgan fingerprint density at radius 1 is 1.26 bits per heavy atom. The van der Waals surface area contributed by atoms with Gasteiger partial charge in [0.25, 0.3) is 0 Å². The van der Waals surface area contributed by atoms with Crippen LogP contribution in [0.2, 0.25) is 0 Å². The van der Waals surface area contributed by atoms with Crippen molar-refractivity contribution in [2.24, 2.45) is 11.1 Å². The quantitative estimate of drug-likeness (QED) is 0.541. The van der Waals surface area contributed by atoms with Crippen LogP contribution >= 0.6 is 12.2 Å². The van der Waals surface area contributed by atoms with Crippen molar-refractivity contribution in [1.82, 2.24) is 4.90 Å². The molecule has 0 aliphatic carbocycles. The van der Waals surface area contributed by atoms with Crippen molar-refractivity contribution in [1.29, 1.82) is 0 Å². The normalized spacial score (nSPS) is 10.9. The maximum Gasteiger partial charge on any atom is 0.325 e. The molecule has 0 fully saturated rings. The van der Waals surface area contributed by atoms with E-state index in [1.165, 1.54) is 12.0 Å². The summed E-state index contributed by atoms with van der Waals surface area (Å²) in [5.74, 6) is -0.658. The number of thiocarbonyl (C=S) groups is 1. The Morgan fingerprint density at radius 3 is 2.05 bits per heavy atom. The third-order valence-electron chi connectivity index (χ3n) is 3.18. The van der Waals surface area contributed by atoms with Gasteiger partial charge in [-0.15, -0.1) is 0 Å². The standard InChI is InChI=1S/C13H24N2O3S/c1-5-7-13(8-6-2,11(14)19)12(17)15(3)9-10(16)18-4/h5-9H2,1-4H3,(H2,14,19). The van der Waals surface area contributed by atoms with Crippen molar-refractivity contribution in [2.45, 2.75) is 39.5 Å². The maximum atomic E-state index is 12.6. The van der Waals surface area contributed by atoms with Crippen LogP contribution in [0.1, 0.15) is 39.5 Å². The predicted octanol–water partition coefficient (Wildman–Crippen LogP) is 1.49. The fraction of sp³-hybridized carbons (Fsp3) is 0.769. The van der Waals surface area contributed by atoms with E-state index in [-0.39, 0.29) is 17.4 Å². The molecule has 0 aliphatic heterocycles. The van der Waals surface area contributed by atoms with Crippen molar-refractivity contribution in [2.75, 3.05) is 20.7 Å². The number of nitrogens with two attached hydrogens (primary N) is 1. The Morgan fingerprint density at radius 2 is 1.74 bits per heavy atom. The highest BCUT2D eigenvalue weighted by Gasteiger charge is 2.41. The fourth-order valence-electron chi connectivity index (χ4n) is 2.24. The Kier molecular flexibility index (Phi) is 7.59. The number of esters is 1. The van der Waals surface area contributed by atoms with Gasteiger partial charge in [0.2, 0.25) is 5.91 Å². The minimum atomic E-state index is -0.846. The molecule has 0 rings (SSSR count). The topological polar surface area (TPSA) is 72.6 Å². The molecule has 0 heterocycles. The first kappa shape index (κ1) is 17.8. The lowest BCUT2D eigenvalue weighted by atomic mass is 9.77. The summed E-state index contributed by atoms with van der Waals surface area (Å²) in [4.78, 5) is 25.4. The summed E-state index contributed by atoms with van der Waals surface area (Å²) in [5, 5.41) is 0. The van der Waals surface area contributed by atoms with Gasteiger partial charge in [0, 0.05) is 7.05 Å². The molecule has 2 N–H and O–H groups in total. The van der Waals surface area contributed by atoms with Crippen molar-refractivity contribution < 1.29 is 14.3 Å². The van der Waals surface area contributed by atoms with Gasteiger partial charge in [-0.25, -0.2) is 0 Å².